The number of nitrogens with zero attached hydrogens (tertiary/aromatic N) is 1. The smallest absolute Gasteiger partial charge is 0.122 e. The minimum absolute atomic E-state index is 0.227. The van der Waals surface area contributed by atoms with Gasteiger partial charge in [-0.25, -0.2) is 0 Å². The van der Waals surface area contributed by atoms with Crippen LogP contribution in [0.25, 0.3) is 0 Å². The normalized spacial score (nSPS) is 9.88. The third kappa shape index (κ3) is 3.68. The van der Waals surface area contributed by atoms with Gasteiger partial charge in [-0.05, 0) is 36.4 Å². The zero-order valence-corrected chi connectivity index (χ0v) is 9.24. The predicted molar refractivity (Wildman–Crippen MR) is 63.3 cm³/mol. The van der Waals surface area contributed by atoms with Crippen molar-refractivity contribution in [2.75, 3.05) is 13.2 Å². The van der Waals surface area contributed by atoms with E-state index in [0.717, 1.165) is 5.75 Å². The molecule has 0 atom stereocenters. The molecule has 1 aromatic heterocycles. The maximum absolute atomic E-state index is 9.09. The summed E-state index contributed by atoms with van der Waals surface area (Å²) in [4.78, 5) is 3.89. The van der Waals surface area contributed by atoms with E-state index in [4.69, 9.17) is 14.6 Å². The monoisotopic (exact) mass is 231 g/mol. The molecule has 0 amide bonds. The first kappa shape index (κ1) is 11.3. The summed E-state index contributed by atoms with van der Waals surface area (Å²) in [5.41, 5.74) is 0. The topological polar surface area (TPSA) is 51.6 Å². The molecule has 4 nitrogen and oxygen atoms in total. The van der Waals surface area contributed by atoms with Crippen molar-refractivity contribution in [2.24, 2.45) is 0 Å². The van der Waals surface area contributed by atoms with Crippen LogP contribution in [0.4, 0.5) is 0 Å². The van der Waals surface area contributed by atoms with Crippen LogP contribution in [-0.4, -0.2) is 23.3 Å². The van der Waals surface area contributed by atoms with Crippen molar-refractivity contribution in [3.8, 4) is 17.2 Å². The molecule has 1 aromatic carbocycles. The first-order chi connectivity index (χ1) is 8.34. The van der Waals surface area contributed by atoms with Gasteiger partial charge in [-0.2, -0.15) is 0 Å². The molecule has 2 rings (SSSR count). The van der Waals surface area contributed by atoms with Gasteiger partial charge in [0, 0.05) is 12.4 Å². The molecular weight excluding hydrogens is 218 g/mol. The van der Waals surface area contributed by atoms with E-state index in [2.05, 4.69) is 4.98 Å². The molecule has 0 radical (unpaired) electrons. The Kier molecular flexibility index (Phi) is 3.81. The number of phenolic OH excluding ortho intramolecular Hbond substituents is 1. The first-order valence-electron chi connectivity index (χ1n) is 5.29. The summed E-state index contributed by atoms with van der Waals surface area (Å²) in [5.74, 6) is 1.71. The van der Waals surface area contributed by atoms with Crippen LogP contribution in [0, 0.1) is 0 Å². The van der Waals surface area contributed by atoms with Crippen molar-refractivity contribution in [3.05, 3.63) is 48.8 Å². The Hall–Kier alpha value is -2.23. The van der Waals surface area contributed by atoms with Gasteiger partial charge in [0.1, 0.15) is 30.5 Å². The molecule has 1 N–H and O–H groups in total. The van der Waals surface area contributed by atoms with Crippen molar-refractivity contribution in [3.63, 3.8) is 0 Å². The second-order valence-electron chi connectivity index (χ2n) is 3.37. The van der Waals surface area contributed by atoms with Gasteiger partial charge in [-0.1, -0.05) is 0 Å². The van der Waals surface area contributed by atoms with E-state index in [-0.39, 0.29) is 5.75 Å². The number of hydrogen-bond acceptors (Lipinski definition) is 4. The summed E-state index contributed by atoms with van der Waals surface area (Å²) in [6.07, 6.45) is 3.35. The van der Waals surface area contributed by atoms with Crippen molar-refractivity contribution in [1.29, 1.82) is 0 Å². The molecule has 0 aliphatic rings. The number of hydrogen-bond donors (Lipinski definition) is 1. The molecule has 0 saturated heterocycles. The number of pyridine rings is 1. The molecule has 0 unspecified atom stereocenters. The fourth-order valence-corrected chi connectivity index (χ4v) is 1.30. The molecule has 0 fully saturated rings. The Bertz CT molecular complexity index is 442. The maximum atomic E-state index is 9.09. The second-order valence-corrected chi connectivity index (χ2v) is 3.37. The standard InChI is InChI=1S/C13H13NO3/c15-11-1-3-12(4-2-11)16-9-10-17-13-5-7-14-8-6-13/h1-8,15H,9-10H2. The van der Waals surface area contributed by atoms with Gasteiger partial charge in [0.05, 0.1) is 0 Å². The van der Waals surface area contributed by atoms with Crippen LogP contribution >= 0.6 is 0 Å². The van der Waals surface area contributed by atoms with Gasteiger partial charge >= 0.3 is 0 Å². The zero-order valence-electron chi connectivity index (χ0n) is 9.24. The fourth-order valence-electron chi connectivity index (χ4n) is 1.30. The van der Waals surface area contributed by atoms with Crippen LogP contribution in [-0.2, 0) is 0 Å². The first-order valence-corrected chi connectivity index (χ1v) is 5.29. The Labute approximate surface area is 99.5 Å². The number of ether oxygens (including phenoxy) is 2. The summed E-state index contributed by atoms with van der Waals surface area (Å²) >= 11 is 0. The van der Waals surface area contributed by atoms with E-state index < -0.39 is 0 Å². The van der Waals surface area contributed by atoms with E-state index >= 15 is 0 Å². The number of aromatic hydroxyl groups is 1. The minimum Gasteiger partial charge on any atom is -0.508 e. The van der Waals surface area contributed by atoms with Crippen LogP contribution in [0.3, 0.4) is 0 Å². The van der Waals surface area contributed by atoms with Crippen LogP contribution in [0.5, 0.6) is 17.2 Å². The molecule has 0 saturated carbocycles. The Morgan fingerprint density at radius 1 is 0.824 bits per heavy atom. The van der Waals surface area contributed by atoms with Gasteiger partial charge < -0.3 is 14.6 Å². The van der Waals surface area contributed by atoms with Gasteiger partial charge in [0.2, 0.25) is 0 Å². The Balaban J connectivity index is 1.71. The van der Waals surface area contributed by atoms with Crippen molar-refractivity contribution < 1.29 is 14.6 Å². The van der Waals surface area contributed by atoms with E-state index in [1.165, 1.54) is 0 Å². The van der Waals surface area contributed by atoms with Gasteiger partial charge in [0.15, 0.2) is 0 Å². The van der Waals surface area contributed by atoms with Crippen LogP contribution < -0.4 is 9.47 Å². The highest BCUT2D eigenvalue weighted by Crippen LogP contribution is 2.15. The van der Waals surface area contributed by atoms with Crippen molar-refractivity contribution in [1.82, 2.24) is 4.98 Å². The summed E-state index contributed by atoms with van der Waals surface area (Å²) in [6.45, 7) is 0.915. The van der Waals surface area contributed by atoms with Gasteiger partial charge in [-0.15, -0.1) is 0 Å². The number of phenols is 1. The van der Waals surface area contributed by atoms with Crippen LogP contribution in [0.15, 0.2) is 48.8 Å². The third-order valence-corrected chi connectivity index (χ3v) is 2.11. The quantitative estimate of drug-likeness (QED) is 0.802. The summed E-state index contributed by atoms with van der Waals surface area (Å²) in [6, 6.07) is 10.2. The largest absolute Gasteiger partial charge is 0.508 e. The van der Waals surface area contributed by atoms with E-state index in [0.29, 0.717) is 19.0 Å². The number of aromatic nitrogens is 1. The van der Waals surface area contributed by atoms with Crippen LogP contribution in [0.2, 0.25) is 0 Å². The molecular formula is C13H13NO3. The van der Waals surface area contributed by atoms with Crippen molar-refractivity contribution in [2.45, 2.75) is 0 Å². The molecule has 17 heavy (non-hydrogen) atoms. The summed E-state index contributed by atoms with van der Waals surface area (Å²) in [7, 11) is 0. The minimum atomic E-state index is 0.227. The third-order valence-electron chi connectivity index (χ3n) is 2.11. The fraction of sp³-hybridized carbons (Fsp3) is 0.154. The highest BCUT2D eigenvalue weighted by Gasteiger charge is 1.95. The number of benzene rings is 1. The Morgan fingerprint density at radius 3 is 1.94 bits per heavy atom. The second kappa shape index (κ2) is 5.75. The molecule has 0 bridgehead atoms. The van der Waals surface area contributed by atoms with Gasteiger partial charge in [-0.3, -0.25) is 4.98 Å². The molecule has 0 aliphatic heterocycles. The summed E-state index contributed by atoms with van der Waals surface area (Å²) < 4.78 is 10.9. The lowest BCUT2D eigenvalue weighted by Crippen LogP contribution is -2.08. The average molecular weight is 231 g/mol. The Morgan fingerprint density at radius 2 is 1.35 bits per heavy atom. The molecule has 0 spiro atoms. The highest BCUT2D eigenvalue weighted by molar-refractivity contribution is 5.30. The molecule has 0 aliphatic carbocycles. The lowest BCUT2D eigenvalue weighted by Gasteiger charge is -2.07. The summed E-state index contributed by atoms with van der Waals surface area (Å²) in [5, 5.41) is 9.09. The van der Waals surface area contributed by atoms with E-state index in [9.17, 15) is 0 Å². The molecule has 1 heterocycles. The van der Waals surface area contributed by atoms with Crippen molar-refractivity contribution >= 4 is 0 Å². The molecule has 2 aromatic rings. The lowest BCUT2D eigenvalue weighted by atomic mass is 10.3. The van der Waals surface area contributed by atoms with E-state index in [1.807, 2.05) is 0 Å². The highest BCUT2D eigenvalue weighted by atomic mass is 16.5. The van der Waals surface area contributed by atoms with E-state index in [1.54, 1.807) is 48.8 Å². The molecule has 4 heteroatoms. The predicted octanol–water partition coefficient (Wildman–Crippen LogP) is 2.25. The average Bonchev–Trinajstić information content (AvgIpc) is 2.38. The van der Waals surface area contributed by atoms with Gasteiger partial charge in [0.25, 0.3) is 0 Å². The maximum Gasteiger partial charge on any atom is 0.122 e. The zero-order chi connectivity index (χ0) is 11.9. The number of rotatable bonds is 5. The molecule has 88 valence electrons. The van der Waals surface area contributed by atoms with Crippen LogP contribution in [0.1, 0.15) is 0 Å². The lowest BCUT2D eigenvalue weighted by molar-refractivity contribution is 0.217. The SMILES string of the molecule is Oc1ccc(OCCOc2ccncc2)cc1.